The van der Waals surface area contributed by atoms with E-state index in [4.69, 9.17) is 4.98 Å². The lowest BCUT2D eigenvalue weighted by Crippen LogP contribution is -2.31. The van der Waals surface area contributed by atoms with Crippen molar-refractivity contribution in [2.75, 3.05) is 18.0 Å². The predicted molar refractivity (Wildman–Crippen MR) is 127 cm³/mol. The number of thiazole rings is 1. The fourth-order valence-electron chi connectivity index (χ4n) is 4.46. The molecule has 0 aliphatic carbocycles. The minimum atomic E-state index is 0.305. The highest BCUT2D eigenvalue weighted by Gasteiger charge is 2.22. The third-order valence-electron chi connectivity index (χ3n) is 6.16. The smallest absolute Gasteiger partial charge is 0.185 e. The minimum absolute atomic E-state index is 0.305. The van der Waals surface area contributed by atoms with E-state index in [0.29, 0.717) is 6.04 Å². The van der Waals surface area contributed by atoms with Crippen molar-refractivity contribution < 1.29 is 0 Å². The van der Waals surface area contributed by atoms with Gasteiger partial charge in [0.25, 0.3) is 0 Å². The van der Waals surface area contributed by atoms with E-state index in [-0.39, 0.29) is 0 Å². The molecule has 2 aromatic carbocycles. The Morgan fingerprint density at radius 2 is 2.09 bits per heavy atom. The zero-order chi connectivity index (χ0) is 21.3. The summed E-state index contributed by atoms with van der Waals surface area (Å²) in [5, 5.41) is 5.45. The van der Waals surface area contributed by atoms with E-state index in [1.54, 1.807) is 17.5 Å². The van der Waals surface area contributed by atoms with Crippen LogP contribution in [0.2, 0.25) is 0 Å². The van der Waals surface area contributed by atoms with Crippen molar-refractivity contribution in [3.05, 3.63) is 94.3 Å². The molecule has 6 rings (SSSR count). The highest BCUT2D eigenvalue weighted by Crippen LogP contribution is 2.31. The summed E-state index contributed by atoms with van der Waals surface area (Å²) in [5.74, 6) is 0. The van der Waals surface area contributed by atoms with Crippen LogP contribution in [0.5, 0.6) is 0 Å². The Bertz CT molecular complexity index is 1210. The summed E-state index contributed by atoms with van der Waals surface area (Å²) in [6.45, 7) is 2.82. The second-order valence-electron chi connectivity index (χ2n) is 8.31. The Morgan fingerprint density at radius 3 is 2.97 bits per heavy atom. The standard InChI is InChI=1S/C24H25N7S/c1-3-17(11-21(4-1)31-9-2-8-27-31)12-22-14-25-24(32-22)30-10-7-18-5-6-19(13-20(18)16-30)23-15-26-29-28-23/h1-6,8-9,11,13-14,23,26,28-29H,7,10,12,15-16H2. The van der Waals surface area contributed by atoms with Gasteiger partial charge in [0, 0.05) is 49.5 Å². The fourth-order valence-corrected chi connectivity index (χ4v) is 5.43. The van der Waals surface area contributed by atoms with Gasteiger partial charge in [-0.2, -0.15) is 10.6 Å². The molecule has 32 heavy (non-hydrogen) atoms. The lowest BCUT2D eigenvalue weighted by Gasteiger charge is -2.29. The molecule has 8 heteroatoms. The molecule has 162 valence electrons. The highest BCUT2D eigenvalue weighted by molar-refractivity contribution is 7.15. The Labute approximate surface area is 191 Å². The molecule has 4 aromatic rings. The van der Waals surface area contributed by atoms with Gasteiger partial charge in [0.1, 0.15) is 0 Å². The molecular formula is C24H25N7S. The monoisotopic (exact) mass is 443 g/mol. The number of aromatic nitrogens is 3. The molecule has 0 spiro atoms. The van der Waals surface area contributed by atoms with Crippen molar-refractivity contribution in [3.63, 3.8) is 0 Å². The number of rotatable bonds is 5. The van der Waals surface area contributed by atoms with Crippen molar-refractivity contribution >= 4 is 16.5 Å². The first kappa shape index (κ1) is 19.6. The number of hydrogen-bond donors (Lipinski definition) is 3. The van der Waals surface area contributed by atoms with Crippen molar-refractivity contribution in [1.82, 2.24) is 31.2 Å². The van der Waals surface area contributed by atoms with Crippen molar-refractivity contribution in [3.8, 4) is 5.69 Å². The Balaban J connectivity index is 1.17. The summed E-state index contributed by atoms with van der Waals surface area (Å²) in [5.41, 5.74) is 15.9. The SMILES string of the molecule is c1cc(Cc2cnc(N3CCc4ccc(C5CNNN5)cc4C3)s2)cc(-n2cccn2)c1. The molecule has 0 radical (unpaired) electrons. The van der Waals surface area contributed by atoms with Gasteiger partial charge in [-0.25, -0.2) is 20.5 Å². The van der Waals surface area contributed by atoms with Gasteiger partial charge in [0.2, 0.25) is 0 Å². The molecule has 2 aliphatic rings. The predicted octanol–water partition coefficient (Wildman–Crippen LogP) is 3.14. The molecular weight excluding hydrogens is 418 g/mol. The maximum absolute atomic E-state index is 4.78. The van der Waals surface area contributed by atoms with Crippen LogP contribution in [0.15, 0.2) is 67.1 Å². The summed E-state index contributed by atoms with van der Waals surface area (Å²) in [4.78, 5) is 8.47. The summed E-state index contributed by atoms with van der Waals surface area (Å²) in [6, 6.07) is 17.7. The van der Waals surface area contributed by atoms with E-state index >= 15 is 0 Å². The fraction of sp³-hybridized carbons (Fsp3) is 0.250. The third-order valence-corrected chi connectivity index (χ3v) is 7.21. The van der Waals surface area contributed by atoms with Crippen LogP contribution in [0.3, 0.4) is 0 Å². The van der Waals surface area contributed by atoms with Gasteiger partial charge < -0.3 is 4.90 Å². The van der Waals surface area contributed by atoms with E-state index in [2.05, 4.69) is 68.8 Å². The van der Waals surface area contributed by atoms with Crippen molar-refractivity contribution in [2.24, 2.45) is 0 Å². The molecule has 0 bridgehead atoms. The lowest BCUT2D eigenvalue weighted by atomic mass is 9.95. The molecule has 1 fully saturated rings. The first-order valence-electron chi connectivity index (χ1n) is 11.0. The number of hydrazine groups is 2. The molecule has 2 aliphatic heterocycles. The summed E-state index contributed by atoms with van der Waals surface area (Å²) in [7, 11) is 0. The van der Waals surface area contributed by atoms with E-state index < -0.39 is 0 Å². The number of anilines is 1. The van der Waals surface area contributed by atoms with Crippen LogP contribution in [-0.2, 0) is 19.4 Å². The number of nitrogens with zero attached hydrogens (tertiary/aromatic N) is 4. The van der Waals surface area contributed by atoms with E-state index in [9.17, 15) is 0 Å². The Hall–Kier alpha value is -3.04. The van der Waals surface area contributed by atoms with Crippen LogP contribution in [0.1, 0.15) is 33.2 Å². The first-order valence-corrected chi connectivity index (χ1v) is 11.8. The van der Waals surface area contributed by atoms with Crippen LogP contribution in [-0.4, -0.2) is 27.9 Å². The zero-order valence-corrected chi connectivity index (χ0v) is 18.5. The zero-order valence-electron chi connectivity index (χ0n) is 17.7. The van der Waals surface area contributed by atoms with E-state index in [1.807, 2.05) is 23.1 Å². The number of fused-ring (bicyclic) bond motifs is 1. The summed E-state index contributed by atoms with van der Waals surface area (Å²) >= 11 is 1.80. The molecule has 1 unspecified atom stereocenters. The van der Waals surface area contributed by atoms with Crippen molar-refractivity contribution in [1.29, 1.82) is 0 Å². The minimum Gasteiger partial charge on any atom is -0.343 e. The topological polar surface area (TPSA) is 70.0 Å². The van der Waals surface area contributed by atoms with Gasteiger partial charge in [-0.3, -0.25) is 0 Å². The van der Waals surface area contributed by atoms with E-state index in [0.717, 1.165) is 43.3 Å². The van der Waals surface area contributed by atoms with Gasteiger partial charge in [-0.1, -0.05) is 30.3 Å². The van der Waals surface area contributed by atoms with E-state index in [1.165, 1.54) is 27.1 Å². The Kier molecular flexibility index (Phi) is 5.20. The van der Waals surface area contributed by atoms with Gasteiger partial charge in [0.05, 0.1) is 11.7 Å². The normalized spacial score (nSPS) is 18.1. The molecule has 3 N–H and O–H groups in total. The van der Waals surface area contributed by atoms with Crippen LogP contribution >= 0.6 is 11.3 Å². The van der Waals surface area contributed by atoms with Crippen molar-refractivity contribution in [2.45, 2.75) is 25.4 Å². The molecule has 2 aromatic heterocycles. The second kappa shape index (κ2) is 8.48. The number of benzene rings is 2. The summed E-state index contributed by atoms with van der Waals surface area (Å²) < 4.78 is 1.90. The molecule has 7 nitrogen and oxygen atoms in total. The average molecular weight is 444 g/mol. The molecule has 0 saturated carbocycles. The molecule has 0 amide bonds. The van der Waals surface area contributed by atoms with Crippen LogP contribution < -0.4 is 21.3 Å². The molecule has 4 heterocycles. The molecule has 1 saturated heterocycles. The third kappa shape index (κ3) is 3.93. The van der Waals surface area contributed by atoms with Gasteiger partial charge in [-0.05, 0) is 46.9 Å². The highest BCUT2D eigenvalue weighted by atomic mass is 32.1. The largest absolute Gasteiger partial charge is 0.343 e. The van der Waals surface area contributed by atoms with Gasteiger partial charge in [0.15, 0.2) is 5.13 Å². The average Bonchev–Trinajstić information content (AvgIpc) is 3.62. The van der Waals surface area contributed by atoms with Gasteiger partial charge in [-0.15, -0.1) is 11.3 Å². The first-order chi connectivity index (χ1) is 15.8. The summed E-state index contributed by atoms with van der Waals surface area (Å²) in [6.07, 6.45) is 7.76. The lowest BCUT2D eigenvalue weighted by molar-refractivity contribution is 0.554. The van der Waals surface area contributed by atoms with Crippen LogP contribution in [0.4, 0.5) is 5.13 Å². The van der Waals surface area contributed by atoms with Gasteiger partial charge >= 0.3 is 0 Å². The second-order valence-corrected chi connectivity index (χ2v) is 9.40. The number of nitrogens with one attached hydrogen (secondary N) is 3. The van der Waals surface area contributed by atoms with Crippen LogP contribution in [0, 0.1) is 0 Å². The molecule has 1 atom stereocenters. The quantitative estimate of drug-likeness (QED) is 0.440. The Morgan fingerprint density at radius 1 is 1.09 bits per heavy atom. The van der Waals surface area contributed by atoms with Crippen LogP contribution in [0.25, 0.3) is 5.69 Å². The maximum Gasteiger partial charge on any atom is 0.185 e. The number of hydrogen-bond acceptors (Lipinski definition) is 7. The maximum atomic E-state index is 4.78.